The Morgan fingerprint density at radius 1 is 1.19 bits per heavy atom. The van der Waals surface area contributed by atoms with Gasteiger partial charge in [0.25, 0.3) is 0 Å². The summed E-state index contributed by atoms with van der Waals surface area (Å²) < 4.78 is 4.97. The van der Waals surface area contributed by atoms with Gasteiger partial charge in [-0.15, -0.1) is 0 Å². The first-order valence-corrected chi connectivity index (χ1v) is 6.54. The Kier molecular flexibility index (Phi) is 6.70. The molecule has 8 heteroatoms. The maximum atomic E-state index is 11.7. The average molecular weight is 294 g/mol. The van der Waals surface area contributed by atoms with Crippen molar-refractivity contribution in [1.29, 1.82) is 0 Å². The molecule has 114 valence electrons. The number of benzene rings is 1. The average Bonchev–Trinajstić information content (AvgIpc) is 2.45. The van der Waals surface area contributed by atoms with Crippen LogP contribution in [-0.2, 0) is 16.1 Å². The SMILES string of the molecule is C[C@H](NC(=O)[C@H](C)NC(=O)OCc1ccccc1)B(O)O. The third-order valence-corrected chi connectivity index (χ3v) is 2.76. The molecule has 0 saturated heterocycles. The molecule has 0 unspecified atom stereocenters. The van der Waals surface area contributed by atoms with E-state index in [1.165, 1.54) is 13.8 Å². The lowest BCUT2D eigenvalue weighted by Crippen LogP contribution is -2.51. The van der Waals surface area contributed by atoms with Gasteiger partial charge < -0.3 is 25.4 Å². The first-order valence-electron chi connectivity index (χ1n) is 6.54. The van der Waals surface area contributed by atoms with Gasteiger partial charge >= 0.3 is 13.2 Å². The zero-order chi connectivity index (χ0) is 15.8. The Labute approximate surface area is 123 Å². The van der Waals surface area contributed by atoms with E-state index in [0.29, 0.717) is 0 Å². The third kappa shape index (κ3) is 6.28. The quantitative estimate of drug-likeness (QED) is 0.544. The van der Waals surface area contributed by atoms with Gasteiger partial charge in [-0.3, -0.25) is 4.79 Å². The van der Waals surface area contributed by atoms with Crippen molar-refractivity contribution in [3.8, 4) is 0 Å². The molecule has 4 N–H and O–H groups in total. The Bertz CT molecular complexity index is 469. The van der Waals surface area contributed by atoms with Crippen LogP contribution in [0.15, 0.2) is 30.3 Å². The molecule has 0 spiro atoms. The lowest BCUT2D eigenvalue weighted by atomic mass is 9.81. The summed E-state index contributed by atoms with van der Waals surface area (Å²) in [7, 11) is -1.66. The molecule has 2 amide bonds. The number of carbonyl (C=O) groups is 2. The van der Waals surface area contributed by atoms with Crippen LogP contribution in [0.5, 0.6) is 0 Å². The minimum atomic E-state index is -1.66. The number of rotatable bonds is 6. The molecule has 0 radical (unpaired) electrons. The van der Waals surface area contributed by atoms with Crippen LogP contribution in [0.2, 0.25) is 0 Å². The van der Waals surface area contributed by atoms with Gasteiger partial charge in [-0.2, -0.15) is 0 Å². The molecule has 21 heavy (non-hydrogen) atoms. The molecule has 7 nitrogen and oxygen atoms in total. The van der Waals surface area contributed by atoms with Crippen LogP contribution in [0, 0.1) is 0 Å². The lowest BCUT2D eigenvalue weighted by molar-refractivity contribution is -0.123. The largest absolute Gasteiger partial charge is 0.475 e. The van der Waals surface area contributed by atoms with E-state index in [0.717, 1.165) is 5.56 Å². The first-order chi connectivity index (χ1) is 9.90. The summed E-state index contributed by atoms with van der Waals surface area (Å²) in [6, 6.07) is 8.28. The predicted octanol–water partition coefficient (Wildman–Crippen LogP) is -0.182. The van der Waals surface area contributed by atoms with Crippen molar-refractivity contribution >= 4 is 19.1 Å². The Morgan fingerprint density at radius 3 is 2.38 bits per heavy atom. The monoisotopic (exact) mass is 294 g/mol. The van der Waals surface area contributed by atoms with E-state index < -0.39 is 31.1 Å². The Hall–Kier alpha value is -2.06. The van der Waals surface area contributed by atoms with Crippen molar-refractivity contribution in [2.75, 3.05) is 0 Å². The van der Waals surface area contributed by atoms with Gasteiger partial charge in [0.2, 0.25) is 5.91 Å². The maximum absolute atomic E-state index is 11.7. The number of hydrogen-bond acceptors (Lipinski definition) is 5. The summed E-state index contributed by atoms with van der Waals surface area (Å²) in [6.07, 6.45) is -0.723. The van der Waals surface area contributed by atoms with Crippen LogP contribution in [0.4, 0.5) is 4.79 Å². The van der Waals surface area contributed by atoms with Gasteiger partial charge in [0, 0.05) is 0 Å². The zero-order valence-electron chi connectivity index (χ0n) is 11.9. The molecular weight excluding hydrogens is 275 g/mol. The van der Waals surface area contributed by atoms with Crippen LogP contribution in [0.3, 0.4) is 0 Å². The van der Waals surface area contributed by atoms with Crippen molar-refractivity contribution in [1.82, 2.24) is 10.6 Å². The summed E-state index contributed by atoms with van der Waals surface area (Å²) in [6.45, 7) is 3.01. The molecule has 2 atom stereocenters. The maximum Gasteiger partial charge on any atom is 0.475 e. The molecule has 0 heterocycles. The minimum Gasteiger partial charge on any atom is -0.445 e. The van der Waals surface area contributed by atoms with Crippen molar-refractivity contribution in [3.05, 3.63) is 35.9 Å². The molecule has 1 aromatic carbocycles. The number of carbonyl (C=O) groups excluding carboxylic acids is 2. The molecule has 0 aliphatic rings. The van der Waals surface area contributed by atoms with E-state index >= 15 is 0 Å². The molecule has 0 bridgehead atoms. The molecule has 1 rings (SSSR count). The van der Waals surface area contributed by atoms with Crippen molar-refractivity contribution < 1.29 is 24.4 Å². The van der Waals surface area contributed by atoms with Gasteiger partial charge in [-0.05, 0) is 19.4 Å². The Balaban J connectivity index is 2.35. The zero-order valence-corrected chi connectivity index (χ0v) is 11.9. The highest BCUT2D eigenvalue weighted by molar-refractivity contribution is 6.43. The van der Waals surface area contributed by atoms with Crippen molar-refractivity contribution in [2.45, 2.75) is 32.4 Å². The van der Waals surface area contributed by atoms with E-state index in [-0.39, 0.29) is 6.61 Å². The van der Waals surface area contributed by atoms with E-state index in [2.05, 4.69) is 10.6 Å². The fourth-order valence-electron chi connectivity index (χ4n) is 1.43. The predicted molar refractivity (Wildman–Crippen MR) is 77.0 cm³/mol. The number of ether oxygens (including phenoxy) is 1. The summed E-state index contributed by atoms with van der Waals surface area (Å²) in [5.74, 6) is -1.37. The fourth-order valence-corrected chi connectivity index (χ4v) is 1.43. The summed E-state index contributed by atoms with van der Waals surface area (Å²) >= 11 is 0. The first kappa shape index (κ1) is 17.0. The molecule has 0 saturated carbocycles. The molecular formula is C13H19BN2O5. The van der Waals surface area contributed by atoms with Crippen LogP contribution in [0.25, 0.3) is 0 Å². The van der Waals surface area contributed by atoms with Crippen molar-refractivity contribution in [2.24, 2.45) is 0 Å². The standard InChI is InChI=1S/C13H19BN2O5/c1-9(12(17)16-10(2)14(19)20)15-13(18)21-8-11-6-4-3-5-7-11/h3-7,9-10,19-20H,8H2,1-2H3,(H,15,18)(H,16,17)/t9-,10-/m0/s1. The van der Waals surface area contributed by atoms with Crippen LogP contribution in [-0.4, -0.2) is 41.1 Å². The van der Waals surface area contributed by atoms with E-state index in [4.69, 9.17) is 14.8 Å². The van der Waals surface area contributed by atoms with Crippen LogP contribution < -0.4 is 10.6 Å². The van der Waals surface area contributed by atoms with Crippen molar-refractivity contribution in [3.63, 3.8) is 0 Å². The molecule has 0 aromatic heterocycles. The lowest BCUT2D eigenvalue weighted by Gasteiger charge is -2.17. The number of nitrogens with one attached hydrogen (secondary N) is 2. The van der Waals surface area contributed by atoms with E-state index in [9.17, 15) is 9.59 Å². The van der Waals surface area contributed by atoms with Crippen LogP contribution >= 0.6 is 0 Å². The normalized spacial score (nSPS) is 13.0. The highest BCUT2D eigenvalue weighted by atomic mass is 16.5. The summed E-state index contributed by atoms with van der Waals surface area (Å²) in [5.41, 5.74) is 0.835. The van der Waals surface area contributed by atoms with Gasteiger partial charge in [-0.25, -0.2) is 4.79 Å². The number of amides is 2. The van der Waals surface area contributed by atoms with E-state index in [1.54, 1.807) is 0 Å². The molecule has 0 fully saturated rings. The molecule has 0 aliphatic heterocycles. The topological polar surface area (TPSA) is 108 Å². The fraction of sp³-hybridized carbons (Fsp3) is 0.385. The summed E-state index contributed by atoms with van der Waals surface area (Å²) in [4.78, 5) is 23.2. The van der Waals surface area contributed by atoms with Crippen LogP contribution in [0.1, 0.15) is 19.4 Å². The van der Waals surface area contributed by atoms with Gasteiger partial charge in [-0.1, -0.05) is 30.3 Å². The second-order valence-electron chi connectivity index (χ2n) is 4.64. The second-order valence-corrected chi connectivity index (χ2v) is 4.64. The van der Waals surface area contributed by atoms with Gasteiger partial charge in [0.1, 0.15) is 12.6 Å². The summed E-state index contributed by atoms with van der Waals surface area (Å²) in [5, 5.41) is 22.5. The number of hydrogen-bond donors (Lipinski definition) is 4. The Morgan fingerprint density at radius 2 is 1.81 bits per heavy atom. The molecule has 0 aliphatic carbocycles. The highest BCUT2D eigenvalue weighted by Gasteiger charge is 2.23. The smallest absolute Gasteiger partial charge is 0.445 e. The second kappa shape index (κ2) is 8.28. The minimum absolute atomic E-state index is 0.104. The molecule has 1 aromatic rings. The van der Waals surface area contributed by atoms with Gasteiger partial charge in [0.15, 0.2) is 0 Å². The number of alkyl carbamates (subject to hydrolysis) is 1. The highest BCUT2D eigenvalue weighted by Crippen LogP contribution is 2.00. The van der Waals surface area contributed by atoms with Gasteiger partial charge in [0.05, 0.1) is 5.94 Å². The van der Waals surface area contributed by atoms with E-state index in [1.807, 2.05) is 30.3 Å². The third-order valence-electron chi connectivity index (χ3n) is 2.76.